The Hall–Kier alpha value is -0.883. The fourth-order valence-corrected chi connectivity index (χ4v) is 12.4. The molecule has 0 radical (unpaired) electrons. The lowest BCUT2D eigenvalue weighted by Crippen LogP contribution is -2.51. The molecule has 6 heteroatoms. The Bertz CT molecular complexity index is 787. The summed E-state index contributed by atoms with van der Waals surface area (Å²) < 4.78 is 2.47. The Morgan fingerprint density at radius 1 is 1.11 bits per heavy atom. The quantitative estimate of drug-likeness (QED) is 0.523. The zero-order chi connectivity index (χ0) is 20.0. The van der Waals surface area contributed by atoms with Crippen molar-refractivity contribution < 1.29 is 5.11 Å². The van der Waals surface area contributed by atoms with Gasteiger partial charge in [-0.05, 0) is 66.4 Å². The molecule has 0 spiro atoms. The minimum Gasteiger partial charge on any atom is -0.385 e. The van der Waals surface area contributed by atoms with Gasteiger partial charge in [-0.25, -0.2) is 4.98 Å². The molecule has 0 aromatic carbocycles. The van der Waals surface area contributed by atoms with E-state index in [4.69, 9.17) is 16.6 Å². The summed E-state index contributed by atoms with van der Waals surface area (Å²) in [6.07, 6.45) is 3.62. The normalized spacial score (nSPS) is 18.2. The molecule has 3 rings (SSSR count). The van der Waals surface area contributed by atoms with E-state index in [-0.39, 0.29) is 0 Å². The second-order valence-corrected chi connectivity index (χ2v) is 15.2. The van der Waals surface area contributed by atoms with Crippen molar-refractivity contribution in [1.82, 2.24) is 14.5 Å². The molecule has 0 unspecified atom stereocenters. The van der Waals surface area contributed by atoms with Crippen LogP contribution in [0, 0.1) is 0 Å². The number of rotatable bonds is 5. The first kappa shape index (κ1) is 20.8. The number of nitrogens with one attached hydrogen (secondary N) is 1. The molecule has 2 aromatic heterocycles. The number of hydrogen-bond acceptors (Lipinski definition) is 3. The van der Waals surface area contributed by atoms with Gasteiger partial charge in [0, 0.05) is 5.39 Å². The van der Waals surface area contributed by atoms with Crippen LogP contribution in [0.15, 0.2) is 18.3 Å². The van der Waals surface area contributed by atoms with Crippen molar-refractivity contribution in [2.75, 3.05) is 13.1 Å². The summed E-state index contributed by atoms with van der Waals surface area (Å²) in [5.74, 6) is 0. The third kappa shape index (κ3) is 3.26. The first-order valence-corrected chi connectivity index (χ1v) is 12.8. The highest BCUT2D eigenvalue weighted by Gasteiger charge is 2.46. The van der Waals surface area contributed by atoms with E-state index in [0.717, 1.165) is 29.7 Å². The van der Waals surface area contributed by atoms with E-state index < -0.39 is 13.8 Å². The summed E-state index contributed by atoms with van der Waals surface area (Å²) in [6.45, 7) is 15.7. The van der Waals surface area contributed by atoms with Crippen LogP contribution in [0.1, 0.15) is 59.9 Å². The first-order chi connectivity index (χ1) is 12.6. The Morgan fingerprint density at radius 2 is 1.67 bits per heavy atom. The van der Waals surface area contributed by atoms with Crippen LogP contribution in [0.2, 0.25) is 21.8 Å². The molecule has 0 amide bonds. The molecule has 0 aliphatic carbocycles. The topological polar surface area (TPSA) is 50.1 Å². The van der Waals surface area contributed by atoms with Crippen LogP contribution in [0.25, 0.3) is 11.0 Å². The van der Waals surface area contributed by atoms with Gasteiger partial charge in [-0.2, -0.15) is 0 Å². The van der Waals surface area contributed by atoms with Crippen LogP contribution in [0.4, 0.5) is 0 Å². The fraction of sp³-hybridized carbons (Fsp3) is 0.667. The molecule has 0 bridgehead atoms. The van der Waals surface area contributed by atoms with E-state index in [0.29, 0.717) is 34.6 Å². The Labute approximate surface area is 169 Å². The summed E-state index contributed by atoms with van der Waals surface area (Å²) in [4.78, 5) is 4.77. The Kier molecular flexibility index (Phi) is 5.79. The minimum absolute atomic E-state index is 0.476. The van der Waals surface area contributed by atoms with Gasteiger partial charge in [-0.15, -0.1) is 0 Å². The second kappa shape index (κ2) is 7.51. The predicted octanol–water partition coefficient (Wildman–Crippen LogP) is 5.28. The molecular formula is C21H34ClN3OSi. The number of nitrogens with zero attached hydrogens (tertiary/aromatic N) is 2. The molecule has 0 saturated carbocycles. The van der Waals surface area contributed by atoms with E-state index >= 15 is 0 Å². The summed E-state index contributed by atoms with van der Waals surface area (Å²) in [6, 6.07) is 4.03. The number of halogens is 1. The number of fused-ring (bicyclic) bond motifs is 1. The van der Waals surface area contributed by atoms with Gasteiger partial charge in [0.25, 0.3) is 0 Å². The van der Waals surface area contributed by atoms with Crippen molar-refractivity contribution in [3.8, 4) is 0 Å². The lowest BCUT2D eigenvalue weighted by molar-refractivity contribution is 0.00730. The molecule has 1 aliphatic rings. The minimum atomic E-state index is -1.93. The average molecular weight is 408 g/mol. The molecule has 1 saturated heterocycles. The SMILES string of the molecule is CC(C)[Si](C(C)C)(C(C)C)n1ccc2c(C3(O)CCNCC3)cc(Cl)nc21. The maximum Gasteiger partial charge on any atom is 0.171 e. The summed E-state index contributed by atoms with van der Waals surface area (Å²) >= 11 is 6.49. The van der Waals surface area contributed by atoms with Crippen LogP contribution in [-0.2, 0) is 5.60 Å². The average Bonchev–Trinajstić information content (AvgIpc) is 2.98. The predicted molar refractivity (Wildman–Crippen MR) is 117 cm³/mol. The van der Waals surface area contributed by atoms with Crippen molar-refractivity contribution in [3.63, 3.8) is 0 Å². The van der Waals surface area contributed by atoms with Crippen LogP contribution < -0.4 is 5.32 Å². The van der Waals surface area contributed by atoms with Gasteiger partial charge in [0.1, 0.15) is 10.8 Å². The lowest BCUT2D eigenvalue weighted by atomic mass is 9.84. The van der Waals surface area contributed by atoms with E-state index in [1.165, 1.54) is 0 Å². The van der Waals surface area contributed by atoms with E-state index in [9.17, 15) is 5.11 Å². The monoisotopic (exact) mass is 407 g/mol. The number of aliphatic hydroxyl groups is 1. The smallest absolute Gasteiger partial charge is 0.171 e. The van der Waals surface area contributed by atoms with Crippen molar-refractivity contribution in [1.29, 1.82) is 0 Å². The van der Waals surface area contributed by atoms with Gasteiger partial charge in [0.05, 0.1) is 5.60 Å². The summed E-state index contributed by atoms with van der Waals surface area (Å²) in [5, 5.41) is 16.3. The van der Waals surface area contributed by atoms with Crippen LogP contribution in [0.5, 0.6) is 0 Å². The van der Waals surface area contributed by atoms with Crippen LogP contribution in [-0.4, -0.2) is 35.6 Å². The number of piperidine rings is 1. The molecular weight excluding hydrogens is 374 g/mol. The molecule has 1 fully saturated rings. The molecule has 27 heavy (non-hydrogen) atoms. The van der Waals surface area contributed by atoms with Gasteiger partial charge < -0.3 is 14.7 Å². The molecule has 2 aromatic rings. The third-order valence-electron chi connectivity index (χ3n) is 6.75. The van der Waals surface area contributed by atoms with Crippen molar-refractivity contribution in [2.24, 2.45) is 0 Å². The van der Waals surface area contributed by atoms with Gasteiger partial charge >= 0.3 is 0 Å². The molecule has 2 N–H and O–H groups in total. The molecule has 4 nitrogen and oxygen atoms in total. The maximum atomic E-state index is 11.4. The summed E-state index contributed by atoms with van der Waals surface area (Å²) in [7, 11) is -1.93. The molecule has 0 atom stereocenters. The first-order valence-electron chi connectivity index (χ1n) is 10.3. The van der Waals surface area contributed by atoms with Crippen molar-refractivity contribution in [3.05, 3.63) is 29.0 Å². The van der Waals surface area contributed by atoms with E-state index in [2.05, 4.69) is 63.4 Å². The highest BCUT2D eigenvalue weighted by atomic mass is 35.5. The fourth-order valence-electron chi connectivity index (χ4n) is 5.72. The maximum absolute atomic E-state index is 11.4. The zero-order valence-electron chi connectivity index (χ0n) is 17.5. The van der Waals surface area contributed by atoms with Crippen molar-refractivity contribution >= 4 is 30.9 Å². The van der Waals surface area contributed by atoms with Gasteiger partial charge in [-0.1, -0.05) is 53.1 Å². The zero-order valence-corrected chi connectivity index (χ0v) is 19.3. The number of aromatic nitrogens is 2. The number of pyridine rings is 1. The molecule has 150 valence electrons. The Balaban J connectivity index is 2.28. The van der Waals surface area contributed by atoms with E-state index in [1.54, 1.807) is 0 Å². The van der Waals surface area contributed by atoms with Crippen molar-refractivity contribution in [2.45, 2.75) is 76.6 Å². The molecule has 1 aliphatic heterocycles. The summed E-state index contributed by atoms with van der Waals surface area (Å²) in [5.41, 5.74) is 2.77. The van der Waals surface area contributed by atoms with Crippen LogP contribution in [0.3, 0.4) is 0 Å². The van der Waals surface area contributed by atoms with Gasteiger partial charge in [-0.3, -0.25) is 0 Å². The highest BCUT2D eigenvalue weighted by molar-refractivity contribution is 6.82. The van der Waals surface area contributed by atoms with Crippen LogP contribution >= 0.6 is 11.6 Å². The largest absolute Gasteiger partial charge is 0.385 e. The highest BCUT2D eigenvalue weighted by Crippen LogP contribution is 2.45. The lowest BCUT2D eigenvalue weighted by Gasteiger charge is -2.44. The number of hydrogen-bond donors (Lipinski definition) is 2. The second-order valence-electron chi connectivity index (χ2n) is 9.05. The van der Waals surface area contributed by atoms with E-state index in [1.807, 2.05) is 6.07 Å². The standard InChI is InChI=1S/C21H34ClN3OSi/c1-14(2)27(15(3)4,16(5)6)25-12-7-17-18(13-19(22)24-20(17)25)21(26)8-10-23-11-9-21/h7,12-16,23,26H,8-11H2,1-6H3. The van der Waals surface area contributed by atoms with Gasteiger partial charge in [0.2, 0.25) is 0 Å². The Morgan fingerprint density at radius 3 is 2.19 bits per heavy atom. The molecule has 3 heterocycles. The third-order valence-corrected chi connectivity index (χ3v) is 13.7. The van der Waals surface area contributed by atoms with Gasteiger partial charge in [0.15, 0.2) is 8.24 Å².